The standard InChI is InChI=1S/C19H21N5/c1-12-3-4-17-18(5-12)24(16-6-13-8-20-9-14(13)7-16)22-19(17)15-10-21-23(2)11-15/h3-6,10-11,13-14,20H,7-9H2,1-2H3/t13-,14-/m0/s1. The first kappa shape index (κ1) is 14.0. The van der Waals surface area contributed by atoms with Gasteiger partial charge in [0, 0.05) is 36.4 Å². The predicted molar refractivity (Wildman–Crippen MR) is 95.4 cm³/mol. The number of aryl methyl sites for hydroxylation is 2. The van der Waals surface area contributed by atoms with E-state index < -0.39 is 0 Å². The van der Waals surface area contributed by atoms with E-state index in [1.807, 2.05) is 24.1 Å². The van der Waals surface area contributed by atoms with Crippen LogP contribution in [0.2, 0.25) is 0 Å². The summed E-state index contributed by atoms with van der Waals surface area (Å²) in [5.74, 6) is 1.39. The average Bonchev–Trinajstić information content (AvgIpc) is 3.27. The van der Waals surface area contributed by atoms with E-state index in [9.17, 15) is 0 Å². The molecule has 0 radical (unpaired) electrons. The molecule has 1 fully saturated rings. The predicted octanol–water partition coefficient (Wildman–Crippen LogP) is 2.83. The lowest BCUT2D eigenvalue weighted by Gasteiger charge is -2.07. The van der Waals surface area contributed by atoms with E-state index in [4.69, 9.17) is 5.10 Å². The lowest BCUT2D eigenvalue weighted by Crippen LogP contribution is -2.10. The van der Waals surface area contributed by atoms with Crippen molar-refractivity contribution in [3.05, 3.63) is 42.2 Å². The van der Waals surface area contributed by atoms with Crippen LogP contribution in [0.1, 0.15) is 12.0 Å². The zero-order chi connectivity index (χ0) is 16.3. The van der Waals surface area contributed by atoms with Gasteiger partial charge in [-0.2, -0.15) is 10.2 Å². The Bertz CT molecular complexity index is 961. The monoisotopic (exact) mass is 319 g/mol. The molecule has 2 aromatic heterocycles. The molecule has 24 heavy (non-hydrogen) atoms. The van der Waals surface area contributed by atoms with Gasteiger partial charge in [-0.1, -0.05) is 18.2 Å². The minimum Gasteiger partial charge on any atom is -0.316 e. The largest absolute Gasteiger partial charge is 0.316 e. The molecule has 0 unspecified atom stereocenters. The van der Waals surface area contributed by atoms with Crippen LogP contribution >= 0.6 is 0 Å². The lowest BCUT2D eigenvalue weighted by molar-refractivity contribution is 0.532. The first-order chi connectivity index (χ1) is 11.7. The van der Waals surface area contributed by atoms with Crippen LogP contribution in [0.15, 0.2) is 36.7 Å². The van der Waals surface area contributed by atoms with E-state index in [0.29, 0.717) is 5.92 Å². The Morgan fingerprint density at radius 1 is 1.25 bits per heavy atom. The van der Waals surface area contributed by atoms with Gasteiger partial charge in [-0.3, -0.25) is 4.68 Å². The van der Waals surface area contributed by atoms with Gasteiger partial charge in [-0.15, -0.1) is 0 Å². The first-order valence-corrected chi connectivity index (χ1v) is 8.59. The zero-order valence-corrected chi connectivity index (χ0v) is 14.0. The van der Waals surface area contributed by atoms with E-state index in [1.54, 1.807) is 0 Å². The second kappa shape index (κ2) is 5.05. The molecule has 2 aliphatic rings. The number of benzene rings is 1. The lowest BCUT2D eigenvalue weighted by atomic mass is 10.0. The van der Waals surface area contributed by atoms with Crippen molar-refractivity contribution in [3.63, 3.8) is 0 Å². The van der Waals surface area contributed by atoms with Crippen molar-refractivity contribution in [2.45, 2.75) is 13.3 Å². The van der Waals surface area contributed by atoms with Crippen molar-refractivity contribution in [2.75, 3.05) is 13.1 Å². The maximum atomic E-state index is 5.00. The SMILES string of the molecule is Cc1ccc2c(-c3cnn(C)c3)nn(C3=C[C@H]4CNC[C@@H]4C3)c2c1. The van der Waals surface area contributed by atoms with Gasteiger partial charge < -0.3 is 5.32 Å². The van der Waals surface area contributed by atoms with Gasteiger partial charge >= 0.3 is 0 Å². The summed E-state index contributed by atoms with van der Waals surface area (Å²) in [4.78, 5) is 0. The van der Waals surface area contributed by atoms with E-state index in [2.05, 4.69) is 46.3 Å². The van der Waals surface area contributed by atoms with Crippen LogP contribution in [0.3, 0.4) is 0 Å². The second-order valence-corrected chi connectivity index (χ2v) is 7.13. The van der Waals surface area contributed by atoms with E-state index >= 15 is 0 Å². The fourth-order valence-electron chi connectivity index (χ4n) is 4.11. The van der Waals surface area contributed by atoms with Crippen LogP contribution in [0, 0.1) is 18.8 Å². The van der Waals surface area contributed by atoms with E-state index in [0.717, 1.165) is 36.7 Å². The summed E-state index contributed by atoms with van der Waals surface area (Å²) in [6, 6.07) is 6.60. The molecule has 3 heterocycles. The van der Waals surface area contributed by atoms with Crippen LogP contribution in [-0.2, 0) is 7.05 Å². The zero-order valence-electron chi connectivity index (χ0n) is 14.0. The smallest absolute Gasteiger partial charge is 0.104 e. The highest BCUT2D eigenvalue weighted by Gasteiger charge is 2.33. The average molecular weight is 319 g/mol. The maximum absolute atomic E-state index is 5.00. The number of aromatic nitrogens is 4. The second-order valence-electron chi connectivity index (χ2n) is 7.13. The molecule has 1 saturated heterocycles. The number of nitrogens with zero attached hydrogens (tertiary/aromatic N) is 4. The van der Waals surface area contributed by atoms with Crippen molar-refractivity contribution in [2.24, 2.45) is 18.9 Å². The molecule has 1 aliphatic carbocycles. The van der Waals surface area contributed by atoms with Crippen LogP contribution in [0.5, 0.6) is 0 Å². The van der Waals surface area contributed by atoms with Gasteiger partial charge in [0.05, 0.1) is 11.7 Å². The third kappa shape index (κ3) is 2.04. The molecule has 0 amide bonds. The number of hydrogen-bond donors (Lipinski definition) is 1. The molecule has 0 spiro atoms. The number of fused-ring (bicyclic) bond motifs is 2. The highest BCUT2D eigenvalue weighted by atomic mass is 15.3. The van der Waals surface area contributed by atoms with Crippen molar-refractivity contribution in [1.82, 2.24) is 24.9 Å². The number of hydrogen-bond acceptors (Lipinski definition) is 3. The molecule has 5 nitrogen and oxygen atoms in total. The third-order valence-corrected chi connectivity index (χ3v) is 5.36. The topological polar surface area (TPSA) is 47.7 Å². The van der Waals surface area contributed by atoms with Gasteiger partial charge in [0.2, 0.25) is 0 Å². The summed E-state index contributed by atoms with van der Waals surface area (Å²) in [6.45, 7) is 4.36. The van der Waals surface area contributed by atoms with Crippen molar-refractivity contribution in [1.29, 1.82) is 0 Å². The molecule has 5 heteroatoms. The Morgan fingerprint density at radius 2 is 2.17 bits per heavy atom. The number of allylic oxidation sites excluding steroid dienone is 1. The Morgan fingerprint density at radius 3 is 2.96 bits per heavy atom. The Hall–Kier alpha value is -2.40. The van der Waals surface area contributed by atoms with E-state index in [-0.39, 0.29) is 0 Å². The Balaban J connectivity index is 1.70. The Labute approximate surface area is 141 Å². The third-order valence-electron chi connectivity index (χ3n) is 5.36. The van der Waals surface area contributed by atoms with Crippen molar-refractivity contribution in [3.8, 4) is 11.3 Å². The number of rotatable bonds is 2. The van der Waals surface area contributed by atoms with Crippen LogP contribution in [-0.4, -0.2) is 32.7 Å². The molecule has 122 valence electrons. The van der Waals surface area contributed by atoms with Crippen LogP contribution < -0.4 is 5.32 Å². The highest BCUT2D eigenvalue weighted by Crippen LogP contribution is 2.38. The van der Waals surface area contributed by atoms with Crippen LogP contribution in [0.4, 0.5) is 0 Å². The van der Waals surface area contributed by atoms with Gasteiger partial charge in [0.25, 0.3) is 0 Å². The summed E-state index contributed by atoms with van der Waals surface area (Å²) in [7, 11) is 1.94. The van der Waals surface area contributed by atoms with Crippen molar-refractivity contribution < 1.29 is 0 Å². The molecular weight excluding hydrogens is 298 g/mol. The van der Waals surface area contributed by atoms with Gasteiger partial charge in [-0.05, 0) is 43.4 Å². The molecule has 2 atom stereocenters. The van der Waals surface area contributed by atoms with E-state index in [1.165, 1.54) is 22.2 Å². The molecule has 1 aromatic carbocycles. The Kier molecular flexibility index (Phi) is 2.94. The molecular formula is C19H21N5. The molecule has 0 bridgehead atoms. The minimum absolute atomic E-state index is 0.658. The number of nitrogens with one attached hydrogen (secondary N) is 1. The summed E-state index contributed by atoms with van der Waals surface area (Å²) >= 11 is 0. The van der Waals surface area contributed by atoms with Crippen LogP contribution in [0.25, 0.3) is 27.9 Å². The summed E-state index contributed by atoms with van der Waals surface area (Å²) in [6.07, 6.45) is 7.46. The normalized spacial score (nSPS) is 23.0. The molecule has 1 aliphatic heterocycles. The highest BCUT2D eigenvalue weighted by molar-refractivity contribution is 5.95. The summed E-state index contributed by atoms with van der Waals surface area (Å²) in [5, 5.41) is 14.0. The first-order valence-electron chi connectivity index (χ1n) is 8.59. The fourth-order valence-corrected chi connectivity index (χ4v) is 4.11. The van der Waals surface area contributed by atoms with Gasteiger partial charge in [0.15, 0.2) is 0 Å². The molecule has 0 saturated carbocycles. The summed E-state index contributed by atoms with van der Waals surface area (Å²) < 4.78 is 4.00. The fraction of sp³-hybridized carbons (Fsp3) is 0.368. The quantitative estimate of drug-likeness (QED) is 0.790. The minimum atomic E-state index is 0.658. The molecule has 5 rings (SSSR count). The maximum Gasteiger partial charge on any atom is 0.104 e. The van der Waals surface area contributed by atoms with Gasteiger partial charge in [0.1, 0.15) is 5.69 Å². The van der Waals surface area contributed by atoms with Gasteiger partial charge in [-0.25, -0.2) is 4.68 Å². The summed E-state index contributed by atoms with van der Waals surface area (Å²) in [5.41, 5.74) is 5.91. The van der Waals surface area contributed by atoms with Crippen molar-refractivity contribution >= 4 is 16.6 Å². The molecule has 3 aromatic rings. The molecule has 1 N–H and O–H groups in total.